The Bertz CT molecular complexity index is 1020. The molecular weight excluding hydrogens is 490 g/mol. The van der Waals surface area contributed by atoms with E-state index in [1.54, 1.807) is 17.5 Å². The first-order chi connectivity index (χ1) is 16.8. The van der Waals surface area contributed by atoms with Crippen molar-refractivity contribution < 1.29 is 18.3 Å². The maximum absolute atomic E-state index is 13.4. The second-order valence-corrected chi connectivity index (χ2v) is 12.7. The molecule has 5 rings (SSSR count). The van der Waals surface area contributed by atoms with Gasteiger partial charge in [-0.15, -0.1) is 11.3 Å². The van der Waals surface area contributed by atoms with E-state index in [1.807, 2.05) is 6.92 Å². The van der Waals surface area contributed by atoms with Gasteiger partial charge in [-0.2, -0.15) is 0 Å². The van der Waals surface area contributed by atoms with E-state index in [4.69, 9.17) is 4.74 Å². The SMILES string of the molecule is Cc1ncc(CC(=O)NC2CCC(CCN3CCc4sc(OC5CCC(F)(F)C5)nc4C3)CC2)s1. The van der Waals surface area contributed by atoms with Crippen LogP contribution in [0.15, 0.2) is 6.20 Å². The van der Waals surface area contributed by atoms with E-state index in [0.717, 1.165) is 67.3 Å². The van der Waals surface area contributed by atoms with Crippen molar-refractivity contribution in [3.63, 3.8) is 0 Å². The Hall–Kier alpha value is -1.65. The maximum atomic E-state index is 13.4. The third kappa shape index (κ3) is 6.77. The molecule has 1 unspecified atom stereocenters. The molecule has 0 saturated heterocycles. The number of nitrogens with one attached hydrogen (secondary N) is 1. The summed E-state index contributed by atoms with van der Waals surface area (Å²) in [5.74, 6) is -1.79. The van der Waals surface area contributed by atoms with Crippen LogP contribution >= 0.6 is 22.7 Å². The Balaban J connectivity index is 1.01. The van der Waals surface area contributed by atoms with Crippen molar-refractivity contribution in [3.8, 4) is 5.19 Å². The largest absolute Gasteiger partial charge is 0.466 e. The summed E-state index contributed by atoms with van der Waals surface area (Å²) in [6.07, 6.45) is 8.48. The number of carbonyl (C=O) groups is 1. The number of rotatable bonds is 8. The van der Waals surface area contributed by atoms with Gasteiger partial charge in [-0.05, 0) is 64.3 Å². The number of amides is 1. The lowest BCUT2D eigenvalue weighted by Gasteiger charge is -2.32. The number of fused-ring (bicyclic) bond motifs is 1. The fourth-order valence-corrected chi connectivity index (χ4v) is 7.27. The third-order valence-corrected chi connectivity index (χ3v) is 9.44. The molecule has 2 fully saturated rings. The first kappa shape index (κ1) is 25.0. The zero-order valence-corrected chi connectivity index (χ0v) is 21.9. The number of halogens is 2. The molecule has 0 aromatic carbocycles. The second-order valence-electron chi connectivity index (χ2n) is 10.3. The molecule has 1 atom stereocenters. The number of nitrogens with zero attached hydrogens (tertiary/aromatic N) is 3. The first-order valence-electron chi connectivity index (χ1n) is 12.8. The van der Waals surface area contributed by atoms with Crippen LogP contribution in [-0.4, -0.2) is 51.9 Å². The van der Waals surface area contributed by atoms with Crippen LogP contribution in [0.25, 0.3) is 0 Å². The molecule has 2 aliphatic carbocycles. The average molecular weight is 525 g/mol. The van der Waals surface area contributed by atoms with Crippen LogP contribution in [0.2, 0.25) is 0 Å². The van der Waals surface area contributed by atoms with Crippen molar-refractivity contribution in [2.24, 2.45) is 5.92 Å². The van der Waals surface area contributed by atoms with Crippen molar-refractivity contribution in [2.75, 3.05) is 13.1 Å². The normalized spacial score (nSPS) is 26.4. The highest BCUT2D eigenvalue weighted by atomic mass is 32.1. The molecule has 3 heterocycles. The summed E-state index contributed by atoms with van der Waals surface area (Å²) in [5, 5.41) is 4.77. The highest BCUT2D eigenvalue weighted by Gasteiger charge is 2.41. The number of hydrogen-bond donors (Lipinski definition) is 1. The fourth-order valence-electron chi connectivity index (χ4n) is 5.51. The summed E-state index contributed by atoms with van der Waals surface area (Å²) < 4.78 is 32.7. The van der Waals surface area contributed by atoms with Crippen molar-refractivity contribution in [3.05, 3.63) is 26.7 Å². The molecule has 1 aliphatic heterocycles. The molecule has 35 heavy (non-hydrogen) atoms. The molecule has 0 bridgehead atoms. The van der Waals surface area contributed by atoms with Crippen LogP contribution in [0.3, 0.4) is 0 Å². The number of carbonyl (C=O) groups excluding carboxylic acids is 1. The maximum Gasteiger partial charge on any atom is 0.273 e. The van der Waals surface area contributed by atoms with Gasteiger partial charge in [-0.1, -0.05) is 11.3 Å². The molecule has 0 spiro atoms. The highest BCUT2D eigenvalue weighted by Crippen LogP contribution is 2.39. The minimum atomic E-state index is -2.59. The molecule has 10 heteroatoms. The number of alkyl halides is 2. The van der Waals surface area contributed by atoms with E-state index in [2.05, 4.69) is 20.2 Å². The standard InChI is InChI=1S/C25H34F2N4O2S2/c1-16-28-14-20(34-16)12-23(32)29-18-4-2-17(3-5-18)7-10-31-11-8-22-21(15-31)30-24(35-22)33-19-6-9-25(26,27)13-19/h14,17-19H,2-13,15H2,1H3,(H,29,32). The topological polar surface area (TPSA) is 67.4 Å². The van der Waals surface area contributed by atoms with Crippen LogP contribution in [0, 0.1) is 12.8 Å². The highest BCUT2D eigenvalue weighted by molar-refractivity contribution is 7.13. The molecule has 3 aliphatic rings. The Morgan fingerprint density at radius 3 is 2.80 bits per heavy atom. The van der Waals surface area contributed by atoms with Gasteiger partial charge in [0.25, 0.3) is 11.1 Å². The third-order valence-electron chi connectivity index (χ3n) is 7.48. The van der Waals surface area contributed by atoms with Crippen molar-refractivity contribution >= 4 is 28.6 Å². The van der Waals surface area contributed by atoms with Gasteiger partial charge in [0.2, 0.25) is 5.91 Å². The van der Waals surface area contributed by atoms with Crippen molar-refractivity contribution in [1.29, 1.82) is 0 Å². The van der Waals surface area contributed by atoms with Crippen LogP contribution < -0.4 is 10.1 Å². The van der Waals surface area contributed by atoms with E-state index in [0.29, 0.717) is 30.0 Å². The van der Waals surface area contributed by atoms with Crippen molar-refractivity contribution in [1.82, 2.24) is 20.2 Å². The average Bonchev–Trinajstić information content (AvgIpc) is 3.50. The molecule has 2 aromatic heterocycles. The van der Waals surface area contributed by atoms with Gasteiger partial charge >= 0.3 is 0 Å². The molecule has 1 N–H and O–H groups in total. The van der Waals surface area contributed by atoms with Crippen LogP contribution in [-0.2, 0) is 24.2 Å². The quantitative estimate of drug-likeness (QED) is 0.518. The van der Waals surface area contributed by atoms with E-state index >= 15 is 0 Å². The summed E-state index contributed by atoms with van der Waals surface area (Å²) in [5.41, 5.74) is 1.06. The molecular formula is C25H34F2N4O2S2. The number of ether oxygens (including phenoxy) is 1. The number of aromatic nitrogens is 2. The Labute approximate surface area is 213 Å². The van der Waals surface area contributed by atoms with E-state index in [1.165, 1.54) is 22.6 Å². The van der Waals surface area contributed by atoms with Gasteiger partial charge < -0.3 is 10.1 Å². The van der Waals surface area contributed by atoms with Crippen molar-refractivity contribution in [2.45, 2.75) is 95.7 Å². The summed E-state index contributed by atoms with van der Waals surface area (Å²) in [7, 11) is 0. The molecule has 1 amide bonds. The fraction of sp³-hybridized carbons (Fsp3) is 0.720. The van der Waals surface area contributed by atoms with Gasteiger partial charge in [-0.25, -0.2) is 18.7 Å². The summed E-state index contributed by atoms with van der Waals surface area (Å²) >= 11 is 3.12. The zero-order valence-electron chi connectivity index (χ0n) is 20.2. The van der Waals surface area contributed by atoms with E-state index in [9.17, 15) is 13.6 Å². The Morgan fingerprint density at radius 1 is 1.26 bits per heavy atom. The minimum absolute atomic E-state index is 0.0859. The minimum Gasteiger partial charge on any atom is -0.466 e. The van der Waals surface area contributed by atoms with Gasteiger partial charge in [0.1, 0.15) is 6.10 Å². The molecule has 192 valence electrons. The molecule has 2 aromatic rings. The van der Waals surface area contributed by atoms with Crippen LogP contribution in [0.1, 0.15) is 71.8 Å². The first-order valence-corrected chi connectivity index (χ1v) is 14.4. The lowest BCUT2D eigenvalue weighted by atomic mass is 9.84. The van der Waals surface area contributed by atoms with Crippen LogP contribution in [0.4, 0.5) is 8.78 Å². The Morgan fingerprint density at radius 2 is 2.09 bits per heavy atom. The number of hydrogen-bond acceptors (Lipinski definition) is 7. The second kappa shape index (κ2) is 10.8. The predicted molar refractivity (Wildman–Crippen MR) is 133 cm³/mol. The monoisotopic (exact) mass is 524 g/mol. The Kier molecular flexibility index (Phi) is 7.69. The summed E-state index contributed by atoms with van der Waals surface area (Å²) in [6, 6.07) is 0.290. The van der Waals surface area contributed by atoms with Gasteiger partial charge in [0.15, 0.2) is 0 Å². The predicted octanol–water partition coefficient (Wildman–Crippen LogP) is 5.14. The molecule has 0 radical (unpaired) electrons. The smallest absolute Gasteiger partial charge is 0.273 e. The molecule has 6 nitrogen and oxygen atoms in total. The zero-order chi connectivity index (χ0) is 24.4. The molecule has 2 saturated carbocycles. The van der Waals surface area contributed by atoms with E-state index in [-0.39, 0.29) is 18.7 Å². The van der Waals surface area contributed by atoms with Gasteiger partial charge in [-0.3, -0.25) is 9.69 Å². The number of aryl methyl sites for hydroxylation is 1. The van der Waals surface area contributed by atoms with Gasteiger partial charge in [0, 0.05) is 47.9 Å². The lowest BCUT2D eigenvalue weighted by Crippen LogP contribution is -2.39. The lowest BCUT2D eigenvalue weighted by molar-refractivity contribution is -0.121. The van der Waals surface area contributed by atoms with Crippen LogP contribution in [0.5, 0.6) is 5.19 Å². The van der Waals surface area contributed by atoms with Gasteiger partial charge in [0.05, 0.1) is 17.1 Å². The summed E-state index contributed by atoms with van der Waals surface area (Å²) in [6.45, 7) is 4.84. The van der Waals surface area contributed by atoms with E-state index < -0.39 is 12.0 Å². The summed E-state index contributed by atoms with van der Waals surface area (Å²) in [4.78, 5) is 25.9. The number of thiazole rings is 2.